The molecule has 1 rings (SSSR count). The summed E-state index contributed by atoms with van der Waals surface area (Å²) in [5.41, 5.74) is 0. The second-order valence-electron chi connectivity index (χ2n) is 3.73. The maximum Gasteiger partial charge on any atom is 0.315 e. The molecule has 74 valence electrons. The van der Waals surface area contributed by atoms with E-state index >= 15 is 0 Å². The molecule has 1 atom stereocenters. The Kier molecular flexibility index (Phi) is 3.28. The van der Waals surface area contributed by atoms with Crippen LogP contribution in [0.1, 0.15) is 26.7 Å². The maximum atomic E-state index is 5.18. The predicted molar refractivity (Wildman–Crippen MR) is 51.5 cm³/mol. The summed E-state index contributed by atoms with van der Waals surface area (Å²) >= 11 is 0. The van der Waals surface area contributed by atoms with Gasteiger partial charge in [0.05, 0.1) is 0 Å². The van der Waals surface area contributed by atoms with E-state index in [1.807, 2.05) is 0 Å². The van der Waals surface area contributed by atoms with Crippen LogP contribution >= 0.6 is 0 Å². The van der Waals surface area contributed by atoms with Gasteiger partial charge in [0, 0.05) is 13.5 Å². The third-order valence-electron chi connectivity index (χ3n) is 2.24. The fourth-order valence-electron chi connectivity index (χ4n) is 0.852. The van der Waals surface area contributed by atoms with Gasteiger partial charge in [-0.3, -0.25) is 0 Å². The van der Waals surface area contributed by atoms with Crippen molar-refractivity contribution < 1.29 is 4.42 Å². The molecule has 0 aliphatic heterocycles. The Morgan fingerprint density at radius 3 is 2.46 bits per heavy atom. The average Bonchev–Trinajstić information content (AvgIpc) is 2.47. The number of rotatable bonds is 4. The number of nitrogens with one attached hydrogen (secondary N) is 1. The highest BCUT2D eigenvalue weighted by Gasteiger charge is 2.08. The summed E-state index contributed by atoms with van der Waals surface area (Å²) in [6.45, 7) is 9.25. The molecule has 4 nitrogen and oxygen atoms in total. The van der Waals surface area contributed by atoms with Gasteiger partial charge in [-0.05, 0) is 11.8 Å². The van der Waals surface area contributed by atoms with Crippen molar-refractivity contribution in [2.45, 2.75) is 27.7 Å². The van der Waals surface area contributed by atoms with E-state index in [2.05, 4.69) is 36.3 Å². The predicted octanol–water partition coefficient (Wildman–Crippen LogP) is 2.08. The van der Waals surface area contributed by atoms with Crippen molar-refractivity contribution in [2.24, 2.45) is 11.8 Å². The lowest BCUT2D eigenvalue weighted by Crippen LogP contribution is -2.16. The molecule has 13 heavy (non-hydrogen) atoms. The van der Waals surface area contributed by atoms with Crippen LogP contribution in [0.5, 0.6) is 0 Å². The molecular weight excluding hydrogens is 166 g/mol. The van der Waals surface area contributed by atoms with Crippen LogP contribution in [0.4, 0.5) is 6.01 Å². The summed E-state index contributed by atoms with van der Waals surface area (Å²) in [4.78, 5) is 0. The van der Waals surface area contributed by atoms with Gasteiger partial charge in [0.2, 0.25) is 5.89 Å². The first kappa shape index (κ1) is 10.0. The summed E-state index contributed by atoms with van der Waals surface area (Å²) in [6, 6.07) is 0.519. The van der Waals surface area contributed by atoms with Crippen molar-refractivity contribution in [3.63, 3.8) is 0 Å². The van der Waals surface area contributed by atoms with E-state index in [-0.39, 0.29) is 0 Å². The van der Waals surface area contributed by atoms with Crippen LogP contribution in [-0.2, 0) is 0 Å². The van der Waals surface area contributed by atoms with Crippen LogP contribution in [0, 0.1) is 18.8 Å². The smallest absolute Gasteiger partial charge is 0.315 e. The molecule has 1 N–H and O–H groups in total. The zero-order valence-corrected chi connectivity index (χ0v) is 8.66. The first-order valence-electron chi connectivity index (χ1n) is 4.63. The quantitative estimate of drug-likeness (QED) is 0.776. The van der Waals surface area contributed by atoms with Crippen LogP contribution in [0.3, 0.4) is 0 Å². The molecule has 0 spiro atoms. The summed E-state index contributed by atoms with van der Waals surface area (Å²) in [5, 5.41) is 10.7. The fourth-order valence-corrected chi connectivity index (χ4v) is 0.852. The number of hydrogen-bond donors (Lipinski definition) is 1. The van der Waals surface area contributed by atoms with Crippen LogP contribution < -0.4 is 5.32 Å². The monoisotopic (exact) mass is 183 g/mol. The Bertz CT molecular complexity index is 257. The number of aryl methyl sites for hydroxylation is 1. The van der Waals surface area contributed by atoms with Gasteiger partial charge in [0.15, 0.2) is 0 Å². The average molecular weight is 183 g/mol. The van der Waals surface area contributed by atoms with Gasteiger partial charge in [0.25, 0.3) is 0 Å². The van der Waals surface area contributed by atoms with E-state index in [4.69, 9.17) is 4.42 Å². The van der Waals surface area contributed by atoms with E-state index in [9.17, 15) is 0 Å². The van der Waals surface area contributed by atoms with Crippen molar-refractivity contribution in [3.05, 3.63) is 5.89 Å². The first-order valence-corrected chi connectivity index (χ1v) is 4.63. The van der Waals surface area contributed by atoms with E-state index in [0.29, 0.717) is 23.7 Å². The molecule has 1 heterocycles. The fraction of sp³-hybridized carbons (Fsp3) is 0.778. The van der Waals surface area contributed by atoms with Crippen molar-refractivity contribution in [2.75, 3.05) is 11.9 Å². The Morgan fingerprint density at radius 1 is 1.31 bits per heavy atom. The topological polar surface area (TPSA) is 51.0 Å². The minimum atomic E-state index is 0.519. The van der Waals surface area contributed by atoms with Crippen LogP contribution in [-0.4, -0.2) is 16.7 Å². The molecule has 0 saturated carbocycles. The van der Waals surface area contributed by atoms with Crippen LogP contribution in [0.25, 0.3) is 0 Å². The molecule has 0 saturated heterocycles. The Morgan fingerprint density at radius 2 is 2.00 bits per heavy atom. The Labute approximate surface area is 78.7 Å². The first-order chi connectivity index (χ1) is 6.09. The Balaban J connectivity index is 2.35. The zero-order chi connectivity index (χ0) is 9.84. The summed E-state index contributed by atoms with van der Waals surface area (Å²) < 4.78 is 5.18. The summed E-state index contributed by atoms with van der Waals surface area (Å²) in [7, 11) is 0. The minimum absolute atomic E-state index is 0.519. The van der Waals surface area contributed by atoms with Gasteiger partial charge in [-0.2, -0.15) is 0 Å². The second-order valence-corrected chi connectivity index (χ2v) is 3.73. The normalized spacial score (nSPS) is 13.3. The molecule has 1 unspecified atom stereocenters. The molecule has 0 bridgehead atoms. The van der Waals surface area contributed by atoms with Crippen molar-refractivity contribution in [1.29, 1.82) is 0 Å². The molecule has 0 radical (unpaired) electrons. The summed E-state index contributed by atoms with van der Waals surface area (Å²) in [6.07, 6.45) is 0. The zero-order valence-electron chi connectivity index (χ0n) is 8.66. The van der Waals surface area contributed by atoms with Gasteiger partial charge in [0.1, 0.15) is 0 Å². The molecule has 0 aliphatic carbocycles. The third kappa shape index (κ3) is 3.05. The van der Waals surface area contributed by atoms with Gasteiger partial charge >= 0.3 is 6.01 Å². The Hall–Kier alpha value is -1.06. The van der Waals surface area contributed by atoms with E-state index in [1.54, 1.807) is 6.92 Å². The van der Waals surface area contributed by atoms with Gasteiger partial charge in [-0.1, -0.05) is 25.9 Å². The highest BCUT2D eigenvalue weighted by atomic mass is 16.4. The molecule has 0 aliphatic rings. The standard InChI is InChI=1S/C9H17N3O/c1-6(2)7(3)5-10-9-12-11-8(4)13-9/h6-7H,5H2,1-4H3,(H,10,12). The lowest BCUT2D eigenvalue weighted by Gasteiger charge is -2.14. The van der Waals surface area contributed by atoms with Crippen molar-refractivity contribution in [1.82, 2.24) is 10.2 Å². The highest BCUT2D eigenvalue weighted by Crippen LogP contribution is 2.11. The number of aromatic nitrogens is 2. The molecule has 0 fully saturated rings. The molecule has 0 aromatic carbocycles. The van der Waals surface area contributed by atoms with Gasteiger partial charge in [-0.25, -0.2) is 0 Å². The van der Waals surface area contributed by atoms with Gasteiger partial charge in [-0.15, -0.1) is 5.10 Å². The highest BCUT2D eigenvalue weighted by molar-refractivity contribution is 5.16. The largest absolute Gasteiger partial charge is 0.408 e. The molecule has 1 aromatic heterocycles. The van der Waals surface area contributed by atoms with Crippen molar-refractivity contribution in [3.8, 4) is 0 Å². The molecule has 0 amide bonds. The third-order valence-corrected chi connectivity index (χ3v) is 2.24. The molecular formula is C9H17N3O. The number of nitrogens with zero attached hydrogens (tertiary/aromatic N) is 2. The maximum absolute atomic E-state index is 5.18. The van der Waals surface area contributed by atoms with Crippen LogP contribution in [0.2, 0.25) is 0 Å². The van der Waals surface area contributed by atoms with E-state index in [0.717, 1.165) is 6.54 Å². The van der Waals surface area contributed by atoms with E-state index < -0.39 is 0 Å². The molecule has 4 heteroatoms. The lowest BCUT2D eigenvalue weighted by atomic mass is 9.98. The number of hydrogen-bond acceptors (Lipinski definition) is 4. The lowest BCUT2D eigenvalue weighted by molar-refractivity contribution is 0.432. The number of anilines is 1. The van der Waals surface area contributed by atoms with Gasteiger partial charge < -0.3 is 9.73 Å². The summed E-state index contributed by atoms with van der Waals surface area (Å²) in [5.74, 6) is 1.86. The molecule has 1 aromatic rings. The minimum Gasteiger partial charge on any atom is -0.408 e. The SMILES string of the molecule is Cc1nnc(NCC(C)C(C)C)o1. The van der Waals surface area contributed by atoms with Crippen LogP contribution in [0.15, 0.2) is 4.42 Å². The second kappa shape index (κ2) is 4.25. The van der Waals surface area contributed by atoms with E-state index in [1.165, 1.54) is 0 Å². The van der Waals surface area contributed by atoms with Crippen molar-refractivity contribution >= 4 is 6.01 Å².